The van der Waals surface area contributed by atoms with Gasteiger partial charge in [0.05, 0.1) is 0 Å². The third-order valence-corrected chi connectivity index (χ3v) is 9.02. The quantitative estimate of drug-likeness (QED) is 0.195. The first kappa shape index (κ1) is 20.4. The molecule has 178 valence electrons. The molecule has 1 aliphatic carbocycles. The SMILES string of the molecule is CC1(C)c2ccccc2-c2cc3c(cc21)oc1ccc2c4ccc5ccccc5c4c4ccccc4c2c13. The van der Waals surface area contributed by atoms with Crippen LogP contribution in [0.15, 0.2) is 114 Å². The summed E-state index contributed by atoms with van der Waals surface area (Å²) < 4.78 is 6.61. The smallest absolute Gasteiger partial charge is 0.136 e. The zero-order valence-corrected chi connectivity index (χ0v) is 21.3. The van der Waals surface area contributed by atoms with Gasteiger partial charge >= 0.3 is 0 Å². The Labute approximate surface area is 219 Å². The van der Waals surface area contributed by atoms with Gasteiger partial charge in [0, 0.05) is 21.6 Å². The minimum absolute atomic E-state index is 0.0505. The zero-order valence-electron chi connectivity index (χ0n) is 21.3. The standard InChI is InChI=1S/C37H24O/c1-37(2)30-14-8-7-11-23(30)28-19-29-33(20-31(28)37)38-32-18-17-27-26-16-15-21-9-3-4-10-22(21)34(26)24-12-5-6-13-25(24)35(27)36(29)32/h3-20H,1-2H3. The van der Waals surface area contributed by atoms with E-state index >= 15 is 0 Å². The third-order valence-electron chi connectivity index (χ3n) is 9.02. The molecule has 8 aromatic rings. The van der Waals surface area contributed by atoms with Gasteiger partial charge in [-0.05, 0) is 84.2 Å². The highest BCUT2D eigenvalue weighted by molar-refractivity contribution is 6.37. The molecule has 9 rings (SSSR count). The summed E-state index contributed by atoms with van der Waals surface area (Å²) >= 11 is 0. The van der Waals surface area contributed by atoms with Crippen molar-refractivity contribution in [1.82, 2.24) is 0 Å². The third kappa shape index (κ3) is 2.38. The fourth-order valence-electron chi connectivity index (χ4n) is 7.27. The summed E-state index contributed by atoms with van der Waals surface area (Å²) in [5.41, 5.74) is 7.27. The second-order valence-corrected chi connectivity index (χ2v) is 11.3. The molecule has 0 amide bonds. The van der Waals surface area contributed by atoms with E-state index in [2.05, 4.69) is 123 Å². The van der Waals surface area contributed by atoms with Crippen LogP contribution < -0.4 is 0 Å². The van der Waals surface area contributed by atoms with E-state index in [1.54, 1.807) is 0 Å². The fourth-order valence-corrected chi connectivity index (χ4v) is 7.27. The van der Waals surface area contributed by atoms with Crippen molar-refractivity contribution in [1.29, 1.82) is 0 Å². The summed E-state index contributed by atoms with van der Waals surface area (Å²) in [6, 6.07) is 40.1. The molecule has 0 unspecified atom stereocenters. The highest BCUT2D eigenvalue weighted by Crippen LogP contribution is 2.52. The number of hydrogen-bond donors (Lipinski definition) is 0. The molecular formula is C37H24O. The van der Waals surface area contributed by atoms with Gasteiger partial charge in [-0.15, -0.1) is 0 Å². The summed E-state index contributed by atoms with van der Waals surface area (Å²) in [6.45, 7) is 4.65. The van der Waals surface area contributed by atoms with Crippen LogP contribution in [0.5, 0.6) is 0 Å². The van der Waals surface area contributed by atoms with Crippen LogP contribution in [0.2, 0.25) is 0 Å². The molecule has 0 saturated heterocycles. The Morgan fingerprint density at radius 3 is 1.97 bits per heavy atom. The normalized spacial score (nSPS) is 14.3. The molecule has 1 aliphatic rings. The summed E-state index contributed by atoms with van der Waals surface area (Å²) in [5, 5.41) is 12.7. The van der Waals surface area contributed by atoms with Gasteiger partial charge in [-0.1, -0.05) is 98.8 Å². The zero-order chi connectivity index (χ0) is 25.2. The summed E-state index contributed by atoms with van der Waals surface area (Å²) in [7, 11) is 0. The first-order chi connectivity index (χ1) is 18.6. The molecule has 0 saturated carbocycles. The van der Waals surface area contributed by atoms with Crippen molar-refractivity contribution >= 4 is 65.0 Å². The summed E-state index contributed by atoms with van der Waals surface area (Å²) in [5.74, 6) is 0. The van der Waals surface area contributed by atoms with Crippen LogP contribution in [0.4, 0.5) is 0 Å². The maximum absolute atomic E-state index is 6.61. The lowest BCUT2D eigenvalue weighted by molar-refractivity contribution is 0.647. The molecule has 0 bridgehead atoms. The molecule has 1 nitrogen and oxygen atoms in total. The number of rotatable bonds is 0. The molecule has 0 atom stereocenters. The van der Waals surface area contributed by atoms with E-state index in [0.717, 1.165) is 11.2 Å². The van der Waals surface area contributed by atoms with E-state index in [-0.39, 0.29) is 5.41 Å². The molecule has 0 fully saturated rings. The number of fused-ring (bicyclic) bond motifs is 15. The van der Waals surface area contributed by atoms with E-state index < -0.39 is 0 Å². The molecule has 1 aromatic heterocycles. The second kappa shape index (κ2) is 6.82. The fraction of sp³-hybridized carbons (Fsp3) is 0.0811. The van der Waals surface area contributed by atoms with Crippen molar-refractivity contribution in [2.75, 3.05) is 0 Å². The Morgan fingerprint density at radius 2 is 1.11 bits per heavy atom. The van der Waals surface area contributed by atoms with Gasteiger partial charge in [-0.3, -0.25) is 0 Å². The lowest BCUT2D eigenvalue weighted by Crippen LogP contribution is -2.14. The maximum atomic E-state index is 6.61. The molecule has 0 aliphatic heterocycles. The molecule has 1 heterocycles. The minimum Gasteiger partial charge on any atom is -0.456 e. The van der Waals surface area contributed by atoms with E-state index in [1.165, 1.54) is 76.1 Å². The van der Waals surface area contributed by atoms with Gasteiger partial charge in [0.25, 0.3) is 0 Å². The van der Waals surface area contributed by atoms with Crippen molar-refractivity contribution in [2.24, 2.45) is 0 Å². The van der Waals surface area contributed by atoms with Crippen molar-refractivity contribution in [2.45, 2.75) is 19.3 Å². The van der Waals surface area contributed by atoms with E-state index in [0.29, 0.717) is 0 Å². The molecule has 0 radical (unpaired) electrons. The monoisotopic (exact) mass is 484 g/mol. The Kier molecular flexibility index (Phi) is 3.67. The van der Waals surface area contributed by atoms with Crippen LogP contribution in [-0.2, 0) is 5.41 Å². The molecule has 0 spiro atoms. The number of benzene rings is 7. The first-order valence-electron chi connectivity index (χ1n) is 13.4. The maximum Gasteiger partial charge on any atom is 0.136 e. The number of furan rings is 1. The molecule has 38 heavy (non-hydrogen) atoms. The first-order valence-corrected chi connectivity index (χ1v) is 13.4. The van der Waals surface area contributed by atoms with Gasteiger partial charge in [-0.2, -0.15) is 0 Å². The van der Waals surface area contributed by atoms with Crippen LogP contribution in [0.3, 0.4) is 0 Å². The van der Waals surface area contributed by atoms with Crippen LogP contribution in [0.25, 0.3) is 76.2 Å². The van der Waals surface area contributed by atoms with Crippen molar-refractivity contribution in [3.8, 4) is 11.1 Å². The Morgan fingerprint density at radius 1 is 0.447 bits per heavy atom. The Hall–Kier alpha value is -4.62. The van der Waals surface area contributed by atoms with E-state index in [9.17, 15) is 0 Å². The van der Waals surface area contributed by atoms with Gasteiger partial charge in [0.2, 0.25) is 0 Å². The van der Waals surface area contributed by atoms with Gasteiger partial charge in [0.15, 0.2) is 0 Å². The lowest BCUT2D eigenvalue weighted by Gasteiger charge is -2.21. The van der Waals surface area contributed by atoms with Crippen LogP contribution in [0.1, 0.15) is 25.0 Å². The number of hydrogen-bond acceptors (Lipinski definition) is 1. The van der Waals surface area contributed by atoms with Crippen LogP contribution >= 0.6 is 0 Å². The highest BCUT2D eigenvalue weighted by atomic mass is 16.3. The van der Waals surface area contributed by atoms with Crippen LogP contribution in [0, 0.1) is 0 Å². The molecule has 7 aromatic carbocycles. The van der Waals surface area contributed by atoms with E-state index in [1.807, 2.05) is 0 Å². The van der Waals surface area contributed by atoms with Crippen molar-refractivity contribution < 1.29 is 4.42 Å². The van der Waals surface area contributed by atoms with Gasteiger partial charge < -0.3 is 4.42 Å². The van der Waals surface area contributed by atoms with Crippen molar-refractivity contribution in [3.05, 3.63) is 120 Å². The molecule has 1 heteroatoms. The lowest BCUT2D eigenvalue weighted by atomic mass is 9.82. The summed E-state index contributed by atoms with van der Waals surface area (Å²) in [6.07, 6.45) is 0. The van der Waals surface area contributed by atoms with Gasteiger partial charge in [0.1, 0.15) is 11.2 Å². The van der Waals surface area contributed by atoms with Crippen molar-refractivity contribution in [3.63, 3.8) is 0 Å². The van der Waals surface area contributed by atoms with Crippen LogP contribution in [-0.4, -0.2) is 0 Å². The predicted octanol–water partition coefficient (Wildman–Crippen LogP) is 10.5. The summed E-state index contributed by atoms with van der Waals surface area (Å²) in [4.78, 5) is 0. The largest absolute Gasteiger partial charge is 0.456 e. The Balaban J connectivity index is 1.52. The topological polar surface area (TPSA) is 13.1 Å². The predicted molar refractivity (Wildman–Crippen MR) is 161 cm³/mol. The van der Waals surface area contributed by atoms with Gasteiger partial charge in [-0.25, -0.2) is 0 Å². The highest BCUT2D eigenvalue weighted by Gasteiger charge is 2.36. The minimum atomic E-state index is -0.0505. The second-order valence-electron chi connectivity index (χ2n) is 11.3. The average Bonchev–Trinajstić information content (AvgIpc) is 3.43. The molecular weight excluding hydrogens is 460 g/mol. The van der Waals surface area contributed by atoms with E-state index in [4.69, 9.17) is 4.42 Å². The molecule has 0 N–H and O–H groups in total. The Bertz CT molecular complexity index is 2290. The average molecular weight is 485 g/mol.